The molecule has 1 atom stereocenters. The zero-order valence-corrected chi connectivity index (χ0v) is 15.3. The normalized spacial score (nSPS) is 11.6. The third-order valence-electron chi connectivity index (χ3n) is 3.92. The number of rotatable bonds is 6. The fraction of sp³-hybridized carbons (Fsp3) is 0.250. The van der Waals surface area contributed by atoms with Gasteiger partial charge in [-0.15, -0.1) is 0 Å². The highest BCUT2D eigenvalue weighted by molar-refractivity contribution is 6.01. The summed E-state index contributed by atoms with van der Waals surface area (Å²) in [6, 6.07) is 10.5. The average Bonchev–Trinajstić information content (AvgIpc) is 2.66. The van der Waals surface area contributed by atoms with Gasteiger partial charge >= 0.3 is 5.97 Å². The van der Waals surface area contributed by atoms with E-state index in [-0.39, 0.29) is 11.5 Å². The van der Waals surface area contributed by atoms with Crippen LogP contribution in [-0.4, -0.2) is 30.9 Å². The summed E-state index contributed by atoms with van der Waals surface area (Å²) in [5.74, 6) is -1.96. The van der Waals surface area contributed by atoms with Crippen molar-refractivity contribution in [2.45, 2.75) is 19.9 Å². The molecule has 2 aromatic rings. The molecule has 0 radical (unpaired) electrons. The molecule has 1 unspecified atom stereocenters. The number of hydrogen-bond donors (Lipinski definition) is 2. The smallest absolute Gasteiger partial charge is 0.337 e. The first-order valence-electron chi connectivity index (χ1n) is 8.37. The molecule has 2 rings (SSSR count). The lowest BCUT2D eigenvalue weighted by molar-refractivity contribution is -0.118. The van der Waals surface area contributed by atoms with Gasteiger partial charge in [0.15, 0.2) is 0 Å². The summed E-state index contributed by atoms with van der Waals surface area (Å²) >= 11 is 0. The van der Waals surface area contributed by atoms with Crippen molar-refractivity contribution >= 4 is 23.5 Å². The molecule has 0 spiro atoms. The van der Waals surface area contributed by atoms with Gasteiger partial charge in [0.1, 0.15) is 11.9 Å². The Morgan fingerprint density at radius 2 is 1.48 bits per heavy atom. The van der Waals surface area contributed by atoms with Gasteiger partial charge in [0.05, 0.1) is 12.7 Å². The lowest BCUT2D eigenvalue weighted by atomic mass is 10.0. The van der Waals surface area contributed by atoms with E-state index in [1.807, 2.05) is 0 Å². The molecule has 0 heterocycles. The largest absolute Gasteiger partial charge is 0.465 e. The van der Waals surface area contributed by atoms with Crippen LogP contribution in [0.1, 0.15) is 34.6 Å². The van der Waals surface area contributed by atoms with E-state index in [1.54, 1.807) is 26.0 Å². The number of hydrogen-bond acceptors (Lipinski definition) is 4. The molecule has 2 N–H and O–H groups in total. The van der Waals surface area contributed by atoms with E-state index in [9.17, 15) is 18.8 Å². The fourth-order valence-electron chi connectivity index (χ4n) is 2.39. The number of amides is 2. The zero-order valence-electron chi connectivity index (χ0n) is 15.3. The molecule has 0 aliphatic carbocycles. The molecule has 0 saturated carbocycles. The van der Waals surface area contributed by atoms with Crippen LogP contribution >= 0.6 is 0 Å². The Kier molecular flexibility index (Phi) is 6.65. The van der Waals surface area contributed by atoms with E-state index < -0.39 is 29.6 Å². The van der Waals surface area contributed by atoms with Crippen LogP contribution < -0.4 is 10.6 Å². The Balaban J connectivity index is 2.07. The SMILES string of the molecule is COC(=O)c1ccc(NC(=O)C(NC(=O)c2ccc(F)cc2)C(C)C)cc1. The van der Waals surface area contributed by atoms with Crippen LogP contribution in [0.25, 0.3) is 0 Å². The van der Waals surface area contributed by atoms with Crippen molar-refractivity contribution in [3.63, 3.8) is 0 Å². The highest BCUT2D eigenvalue weighted by atomic mass is 19.1. The van der Waals surface area contributed by atoms with Crippen LogP contribution in [0.4, 0.5) is 10.1 Å². The maximum Gasteiger partial charge on any atom is 0.337 e. The maximum atomic E-state index is 13.0. The predicted octanol–water partition coefficient (Wildman–Crippen LogP) is 3.01. The number of carbonyl (C=O) groups is 3. The number of methoxy groups -OCH3 is 1. The molecule has 2 amide bonds. The molecule has 0 fully saturated rings. The van der Waals surface area contributed by atoms with Gasteiger partial charge in [-0.25, -0.2) is 9.18 Å². The molecule has 0 saturated heterocycles. The molecule has 142 valence electrons. The first kappa shape index (κ1) is 20.1. The number of halogens is 1. The van der Waals surface area contributed by atoms with Gasteiger partial charge in [0, 0.05) is 11.3 Å². The van der Waals surface area contributed by atoms with E-state index >= 15 is 0 Å². The van der Waals surface area contributed by atoms with E-state index in [0.717, 1.165) is 0 Å². The van der Waals surface area contributed by atoms with E-state index in [2.05, 4.69) is 15.4 Å². The summed E-state index contributed by atoms with van der Waals surface area (Å²) in [5, 5.41) is 5.37. The lowest BCUT2D eigenvalue weighted by Crippen LogP contribution is -2.47. The number of benzene rings is 2. The van der Waals surface area contributed by atoms with Crippen LogP contribution in [0.2, 0.25) is 0 Å². The number of carbonyl (C=O) groups excluding carboxylic acids is 3. The molecule has 27 heavy (non-hydrogen) atoms. The van der Waals surface area contributed by atoms with Gasteiger partial charge in [-0.1, -0.05) is 13.8 Å². The standard InChI is InChI=1S/C20H21FN2O4/c1-12(2)17(23-18(24)13-4-8-15(21)9-5-13)19(25)22-16-10-6-14(7-11-16)20(26)27-3/h4-12,17H,1-3H3,(H,22,25)(H,23,24). The quantitative estimate of drug-likeness (QED) is 0.764. The minimum Gasteiger partial charge on any atom is -0.465 e. The first-order chi connectivity index (χ1) is 12.8. The van der Waals surface area contributed by atoms with E-state index in [1.165, 1.54) is 43.5 Å². The Labute approximate surface area is 156 Å². The number of nitrogens with one attached hydrogen (secondary N) is 2. The highest BCUT2D eigenvalue weighted by Gasteiger charge is 2.25. The third kappa shape index (κ3) is 5.37. The molecular formula is C20H21FN2O4. The van der Waals surface area contributed by atoms with Crippen LogP contribution in [0.5, 0.6) is 0 Å². The van der Waals surface area contributed by atoms with Crippen LogP contribution in [0.3, 0.4) is 0 Å². The van der Waals surface area contributed by atoms with Gasteiger partial charge in [-0.3, -0.25) is 9.59 Å². The van der Waals surface area contributed by atoms with E-state index in [0.29, 0.717) is 11.3 Å². The molecular weight excluding hydrogens is 351 g/mol. The van der Waals surface area contributed by atoms with Gasteiger partial charge in [-0.2, -0.15) is 0 Å². The van der Waals surface area contributed by atoms with Crippen molar-refractivity contribution in [2.75, 3.05) is 12.4 Å². The Hall–Kier alpha value is -3.22. The predicted molar refractivity (Wildman–Crippen MR) is 98.9 cm³/mol. The highest BCUT2D eigenvalue weighted by Crippen LogP contribution is 2.13. The third-order valence-corrected chi connectivity index (χ3v) is 3.92. The second-order valence-electron chi connectivity index (χ2n) is 6.26. The lowest BCUT2D eigenvalue weighted by Gasteiger charge is -2.22. The van der Waals surface area contributed by atoms with Crippen molar-refractivity contribution in [1.29, 1.82) is 0 Å². The Bertz CT molecular complexity index is 817. The summed E-state index contributed by atoms with van der Waals surface area (Å²) in [5.41, 5.74) is 1.10. The van der Waals surface area contributed by atoms with Crippen LogP contribution in [0.15, 0.2) is 48.5 Å². The summed E-state index contributed by atoms with van der Waals surface area (Å²) in [7, 11) is 1.29. The molecule has 0 bridgehead atoms. The fourth-order valence-corrected chi connectivity index (χ4v) is 2.39. The van der Waals surface area contributed by atoms with E-state index in [4.69, 9.17) is 0 Å². The van der Waals surface area contributed by atoms with Crippen LogP contribution in [0, 0.1) is 11.7 Å². The molecule has 0 aromatic heterocycles. The van der Waals surface area contributed by atoms with Gasteiger partial charge < -0.3 is 15.4 Å². The maximum absolute atomic E-state index is 13.0. The van der Waals surface area contributed by atoms with Crippen molar-refractivity contribution < 1.29 is 23.5 Å². The average molecular weight is 372 g/mol. The van der Waals surface area contributed by atoms with Crippen molar-refractivity contribution in [1.82, 2.24) is 5.32 Å². The summed E-state index contributed by atoms with van der Waals surface area (Å²) in [4.78, 5) is 36.3. The van der Waals surface area contributed by atoms with Gasteiger partial charge in [0.2, 0.25) is 5.91 Å². The molecule has 2 aromatic carbocycles. The second-order valence-corrected chi connectivity index (χ2v) is 6.26. The molecule has 7 heteroatoms. The van der Waals surface area contributed by atoms with Gasteiger partial charge in [0.25, 0.3) is 5.91 Å². The Morgan fingerprint density at radius 1 is 0.926 bits per heavy atom. The topological polar surface area (TPSA) is 84.5 Å². The number of esters is 1. The number of ether oxygens (including phenoxy) is 1. The first-order valence-corrected chi connectivity index (χ1v) is 8.37. The van der Waals surface area contributed by atoms with Gasteiger partial charge in [-0.05, 0) is 54.4 Å². The summed E-state index contributed by atoms with van der Waals surface area (Å²) < 4.78 is 17.6. The second kappa shape index (κ2) is 8.93. The summed E-state index contributed by atoms with van der Waals surface area (Å²) in [6.45, 7) is 3.60. The molecule has 0 aliphatic rings. The minimum absolute atomic E-state index is 0.177. The molecule has 0 aliphatic heterocycles. The monoisotopic (exact) mass is 372 g/mol. The van der Waals surface area contributed by atoms with Crippen LogP contribution in [-0.2, 0) is 9.53 Å². The van der Waals surface area contributed by atoms with Crippen molar-refractivity contribution in [2.24, 2.45) is 5.92 Å². The van der Waals surface area contributed by atoms with Crippen molar-refractivity contribution in [3.05, 3.63) is 65.5 Å². The summed E-state index contributed by atoms with van der Waals surface area (Å²) in [6.07, 6.45) is 0. The molecule has 6 nitrogen and oxygen atoms in total. The zero-order chi connectivity index (χ0) is 20.0. The number of anilines is 1. The minimum atomic E-state index is -0.789. The Morgan fingerprint density at radius 3 is 2.00 bits per heavy atom. The van der Waals surface area contributed by atoms with Crippen molar-refractivity contribution in [3.8, 4) is 0 Å².